The largest absolute Gasteiger partial charge is 0.494 e. The highest BCUT2D eigenvalue weighted by atomic mass is 16.5. The zero-order valence-corrected chi connectivity index (χ0v) is 16.3. The third-order valence-corrected chi connectivity index (χ3v) is 3.95. The molecule has 0 saturated heterocycles. The first-order valence-corrected chi connectivity index (χ1v) is 9.27. The lowest BCUT2D eigenvalue weighted by Gasteiger charge is -2.10. The summed E-state index contributed by atoms with van der Waals surface area (Å²) in [5, 5.41) is 6.05. The molecule has 1 aromatic heterocycles. The minimum atomic E-state index is -0.188. The fraction of sp³-hybridized carbons (Fsp3) is 0.227. The van der Waals surface area contributed by atoms with Gasteiger partial charge in [0.25, 0.3) is 5.91 Å². The predicted molar refractivity (Wildman–Crippen MR) is 111 cm³/mol. The van der Waals surface area contributed by atoms with Crippen LogP contribution in [0.3, 0.4) is 0 Å². The molecule has 0 fully saturated rings. The summed E-state index contributed by atoms with van der Waals surface area (Å²) in [6.07, 6.45) is 0.954. The number of carbonyl (C=O) groups excluding carboxylic acids is 1. The van der Waals surface area contributed by atoms with Crippen LogP contribution in [0.25, 0.3) is 0 Å². The van der Waals surface area contributed by atoms with Gasteiger partial charge in [-0.1, -0.05) is 13.0 Å². The first-order chi connectivity index (χ1) is 13.5. The van der Waals surface area contributed by atoms with Gasteiger partial charge in [0, 0.05) is 28.3 Å². The number of rotatable bonds is 7. The van der Waals surface area contributed by atoms with E-state index in [0.29, 0.717) is 23.8 Å². The third-order valence-electron chi connectivity index (χ3n) is 3.95. The highest BCUT2D eigenvalue weighted by molar-refractivity contribution is 6.04. The van der Waals surface area contributed by atoms with Crippen molar-refractivity contribution in [1.29, 1.82) is 0 Å². The van der Waals surface area contributed by atoms with Gasteiger partial charge in [0.05, 0.1) is 6.61 Å². The average Bonchev–Trinajstić information content (AvgIpc) is 2.67. The van der Waals surface area contributed by atoms with Crippen LogP contribution >= 0.6 is 0 Å². The molecule has 28 heavy (non-hydrogen) atoms. The van der Waals surface area contributed by atoms with Crippen LogP contribution in [0.5, 0.6) is 5.75 Å². The van der Waals surface area contributed by atoms with Gasteiger partial charge in [-0.3, -0.25) is 4.79 Å². The Kier molecular flexibility index (Phi) is 6.22. The molecule has 3 rings (SSSR count). The van der Waals surface area contributed by atoms with Gasteiger partial charge < -0.3 is 15.4 Å². The number of carbonyl (C=O) groups is 1. The van der Waals surface area contributed by atoms with Crippen LogP contribution < -0.4 is 15.4 Å². The maximum absolute atomic E-state index is 12.6. The van der Waals surface area contributed by atoms with E-state index in [4.69, 9.17) is 4.74 Å². The minimum absolute atomic E-state index is 0.188. The summed E-state index contributed by atoms with van der Waals surface area (Å²) in [6, 6.07) is 16.5. The Morgan fingerprint density at radius 2 is 1.68 bits per heavy atom. The molecular weight excluding hydrogens is 352 g/mol. The van der Waals surface area contributed by atoms with Crippen molar-refractivity contribution in [3.05, 3.63) is 71.5 Å². The second kappa shape index (κ2) is 8.99. The highest BCUT2D eigenvalue weighted by Gasteiger charge is 2.08. The Bertz CT molecular complexity index is 935. The lowest BCUT2D eigenvalue weighted by atomic mass is 10.2. The van der Waals surface area contributed by atoms with Crippen LogP contribution in [-0.2, 0) is 0 Å². The Morgan fingerprint density at radius 1 is 0.964 bits per heavy atom. The van der Waals surface area contributed by atoms with Crippen LogP contribution in [0.2, 0.25) is 0 Å². The van der Waals surface area contributed by atoms with E-state index < -0.39 is 0 Å². The second-order valence-electron chi connectivity index (χ2n) is 6.51. The number of nitrogens with one attached hydrogen (secondary N) is 2. The Balaban J connectivity index is 1.68. The molecule has 0 aliphatic heterocycles. The van der Waals surface area contributed by atoms with E-state index in [2.05, 4.69) is 27.5 Å². The van der Waals surface area contributed by atoms with Gasteiger partial charge in [0.15, 0.2) is 0 Å². The van der Waals surface area contributed by atoms with Crippen LogP contribution in [-0.4, -0.2) is 22.5 Å². The Hall–Kier alpha value is -3.41. The molecule has 0 atom stereocenters. The maximum atomic E-state index is 12.6. The molecule has 0 spiro atoms. The van der Waals surface area contributed by atoms with Crippen molar-refractivity contribution in [3.63, 3.8) is 0 Å². The van der Waals surface area contributed by atoms with Crippen LogP contribution in [0.15, 0.2) is 54.6 Å². The van der Waals surface area contributed by atoms with E-state index in [1.54, 1.807) is 12.1 Å². The molecule has 0 bridgehead atoms. The monoisotopic (exact) mass is 376 g/mol. The smallest absolute Gasteiger partial charge is 0.255 e. The number of benzene rings is 2. The molecule has 0 aliphatic carbocycles. The van der Waals surface area contributed by atoms with E-state index in [9.17, 15) is 4.79 Å². The molecular formula is C22H24N4O2. The van der Waals surface area contributed by atoms with Gasteiger partial charge >= 0.3 is 0 Å². The summed E-state index contributed by atoms with van der Waals surface area (Å²) in [7, 11) is 0. The topological polar surface area (TPSA) is 76.1 Å². The summed E-state index contributed by atoms with van der Waals surface area (Å²) in [5.74, 6) is 1.12. The number of anilines is 3. The van der Waals surface area contributed by atoms with Crippen molar-refractivity contribution < 1.29 is 9.53 Å². The van der Waals surface area contributed by atoms with Crippen LogP contribution in [0, 0.1) is 13.8 Å². The molecule has 0 radical (unpaired) electrons. The van der Waals surface area contributed by atoms with Crippen molar-refractivity contribution in [1.82, 2.24) is 9.97 Å². The molecule has 6 nitrogen and oxygen atoms in total. The molecule has 0 saturated carbocycles. The lowest BCUT2D eigenvalue weighted by molar-refractivity contribution is 0.102. The Labute approximate surface area is 165 Å². The molecule has 1 amide bonds. The predicted octanol–water partition coefficient (Wildman–Crippen LogP) is 4.88. The van der Waals surface area contributed by atoms with Crippen molar-refractivity contribution in [2.24, 2.45) is 0 Å². The van der Waals surface area contributed by atoms with Gasteiger partial charge in [-0.05, 0) is 68.8 Å². The summed E-state index contributed by atoms with van der Waals surface area (Å²) in [6.45, 7) is 6.57. The standard InChI is InChI=1S/C22H24N4O2/c1-4-12-28-20-10-8-18(9-11-20)25-21(27)17-6-5-7-19(14-17)26-22-23-15(2)13-16(3)24-22/h5-11,13-14H,4,12H2,1-3H3,(H,25,27)(H,23,24,26). The second-order valence-corrected chi connectivity index (χ2v) is 6.51. The molecule has 1 heterocycles. The van der Waals surface area contributed by atoms with Crippen molar-refractivity contribution >= 4 is 23.2 Å². The molecule has 144 valence electrons. The van der Waals surface area contributed by atoms with E-state index in [-0.39, 0.29) is 5.91 Å². The molecule has 2 N–H and O–H groups in total. The summed E-state index contributed by atoms with van der Waals surface area (Å²) in [4.78, 5) is 21.3. The van der Waals surface area contributed by atoms with Crippen molar-refractivity contribution in [2.45, 2.75) is 27.2 Å². The maximum Gasteiger partial charge on any atom is 0.255 e. The summed E-state index contributed by atoms with van der Waals surface area (Å²) in [5.41, 5.74) is 3.78. The zero-order chi connectivity index (χ0) is 19.9. The SMILES string of the molecule is CCCOc1ccc(NC(=O)c2cccc(Nc3nc(C)cc(C)n3)c2)cc1. The number of hydrogen-bond acceptors (Lipinski definition) is 5. The summed E-state index contributed by atoms with van der Waals surface area (Å²) < 4.78 is 5.56. The van der Waals surface area contributed by atoms with E-state index in [0.717, 1.165) is 29.2 Å². The van der Waals surface area contributed by atoms with Gasteiger partial charge in [0.2, 0.25) is 5.95 Å². The average molecular weight is 376 g/mol. The molecule has 0 unspecified atom stereocenters. The summed E-state index contributed by atoms with van der Waals surface area (Å²) >= 11 is 0. The Morgan fingerprint density at radius 3 is 2.36 bits per heavy atom. The van der Waals surface area contributed by atoms with Crippen molar-refractivity contribution in [3.8, 4) is 5.75 Å². The van der Waals surface area contributed by atoms with Crippen LogP contribution in [0.4, 0.5) is 17.3 Å². The van der Waals surface area contributed by atoms with Gasteiger partial charge in [-0.2, -0.15) is 0 Å². The number of aryl methyl sites for hydroxylation is 2. The van der Waals surface area contributed by atoms with E-state index >= 15 is 0 Å². The zero-order valence-electron chi connectivity index (χ0n) is 16.3. The van der Waals surface area contributed by atoms with E-state index in [1.165, 1.54) is 0 Å². The number of amides is 1. The number of aromatic nitrogens is 2. The third kappa shape index (κ3) is 5.30. The number of nitrogens with zero attached hydrogens (tertiary/aromatic N) is 2. The number of hydrogen-bond donors (Lipinski definition) is 2. The van der Waals surface area contributed by atoms with Gasteiger partial charge in [-0.15, -0.1) is 0 Å². The normalized spacial score (nSPS) is 10.4. The van der Waals surface area contributed by atoms with Gasteiger partial charge in [0.1, 0.15) is 5.75 Å². The van der Waals surface area contributed by atoms with Gasteiger partial charge in [-0.25, -0.2) is 9.97 Å². The molecule has 3 aromatic rings. The minimum Gasteiger partial charge on any atom is -0.494 e. The van der Waals surface area contributed by atoms with Crippen molar-refractivity contribution in [2.75, 3.05) is 17.2 Å². The molecule has 6 heteroatoms. The van der Waals surface area contributed by atoms with E-state index in [1.807, 2.05) is 56.3 Å². The first kappa shape index (κ1) is 19.4. The first-order valence-electron chi connectivity index (χ1n) is 9.27. The molecule has 2 aromatic carbocycles. The lowest BCUT2D eigenvalue weighted by Crippen LogP contribution is -2.12. The molecule has 0 aliphatic rings. The fourth-order valence-electron chi connectivity index (χ4n) is 2.71. The van der Waals surface area contributed by atoms with Crippen LogP contribution in [0.1, 0.15) is 35.1 Å². The number of ether oxygens (including phenoxy) is 1. The quantitative estimate of drug-likeness (QED) is 0.615. The highest BCUT2D eigenvalue weighted by Crippen LogP contribution is 2.19. The fourth-order valence-corrected chi connectivity index (χ4v) is 2.71.